The Bertz CT molecular complexity index is 1320. The summed E-state index contributed by atoms with van der Waals surface area (Å²) in [6, 6.07) is 23.3. The second-order valence-corrected chi connectivity index (χ2v) is 8.43. The maximum atomic E-state index is 13.5. The van der Waals surface area contributed by atoms with Crippen LogP contribution in [0.4, 0.5) is 11.4 Å². The second-order valence-electron chi connectivity index (χ2n) is 7.61. The van der Waals surface area contributed by atoms with Gasteiger partial charge < -0.3 is 10.1 Å². The van der Waals surface area contributed by atoms with E-state index in [1.54, 1.807) is 42.6 Å². The molecule has 0 saturated carbocycles. The van der Waals surface area contributed by atoms with Gasteiger partial charge in [-0.1, -0.05) is 55.5 Å². The van der Waals surface area contributed by atoms with Gasteiger partial charge >= 0.3 is 0 Å². The molecule has 1 heterocycles. The van der Waals surface area contributed by atoms with E-state index in [4.69, 9.17) is 4.74 Å². The monoisotopic (exact) mass is 475 g/mol. The number of methoxy groups -OCH3 is 1. The van der Waals surface area contributed by atoms with E-state index in [0.717, 1.165) is 10.9 Å². The molecule has 34 heavy (non-hydrogen) atoms. The minimum Gasteiger partial charge on any atom is -0.497 e. The first-order valence-electron chi connectivity index (χ1n) is 10.8. The first-order valence-corrected chi connectivity index (χ1v) is 11.9. The first-order chi connectivity index (χ1) is 16.5. The van der Waals surface area contributed by atoms with Crippen LogP contribution in [0.3, 0.4) is 0 Å². The lowest BCUT2D eigenvalue weighted by Crippen LogP contribution is -2.30. The predicted octanol–water partition coefficient (Wildman–Crippen LogP) is 5.40. The van der Waals surface area contributed by atoms with Crippen LogP contribution in [0.25, 0.3) is 10.9 Å². The van der Waals surface area contributed by atoms with Gasteiger partial charge in [-0.3, -0.25) is 14.3 Å². The maximum absolute atomic E-state index is 13.5. The summed E-state index contributed by atoms with van der Waals surface area (Å²) in [6.07, 6.45) is 2.30. The van der Waals surface area contributed by atoms with E-state index in [2.05, 4.69) is 10.3 Å². The number of rotatable bonds is 8. The lowest BCUT2D eigenvalue weighted by atomic mass is 10.0. The van der Waals surface area contributed by atoms with Crippen molar-refractivity contribution in [1.82, 2.24) is 10.3 Å². The van der Waals surface area contributed by atoms with Crippen LogP contribution in [-0.2, 0) is 11.3 Å². The molecule has 3 aromatic carbocycles. The van der Waals surface area contributed by atoms with Crippen LogP contribution in [0.2, 0.25) is 0 Å². The van der Waals surface area contributed by atoms with Crippen LogP contribution in [0, 0.1) is 0 Å². The quantitative estimate of drug-likeness (QED) is 0.333. The van der Waals surface area contributed by atoms with E-state index >= 15 is 0 Å². The second kappa shape index (κ2) is 10.5. The van der Waals surface area contributed by atoms with Crippen LogP contribution in [-0.4, -0.2) is 26.8 Å². The molecule has 0 aliphatic rings. The smallest absolute Gasteiger partial charge is 0.266 e. The van der Waals surface area contributed by atoms with Crippen molar-refractivity contribution in [3.63, 3.8) is 0 Å². The first kappa shape index (κ1) is 23.4. The number of hydrogen-bond acceptors (Lipinski definition) is 4. The minimum absolute atomic E-state index is 0.212. The van der Waals surface area contributed by atoms with E-state index in [1.807, 2.05) is 49.4 Å². The van der Waals surface area contributed by atoms with E-state index in [9.17, 15) is 13.6 Å². The summed E-state index contributed by atoms with van der Waals surface area (Å²) < 4.78 is 29.5. The van der Waals surface area contributed by atoms with Crippen LogP contribution >= 0.6 is 0 Å². The summed E-state index contributed by atoms with van der Waals surface area (Å²) >= 11 is -2.47. The standard InChI is InChI=1S/C26H25N3O4S/c1-3-22(18-9-5-4-6-10-18)28-26(30)21-17-20(33-2)14-15-23(21)29(34(31)32)24-13-7-11-19-12-8-16-27-25(19)24/h4-17,22H,3H2,1-2H3,(H,28,30)(H,31,32). The number of pyridine rings is 1. The number of para-hydroxylation sites is 1. The number of carbonyl (C=O) groups excluding carboxylic acids is 1. The SMILES string of the molecule is CCC(NC(=O)c1cc(OC)ccc1N(c1cccc2cccnc12)S(=O)O)c1ccccc1. The highest BCUT2D eigenvalue weighted by Crippen LogP contribution is 2.36. The molecule has 0 bridgehead atoms. The molecule has 0 aliphatic carbocycles. The van der Waals surface area contributed by atoms with Gasteiger partial charge in [0.2, 0.25) is 0 Å². The predicted molar refractivity (Wildman–Crippen MR) is 135 cm³/mol. The summed E-state index contributed by atoms with van der Waals surface area (Å²) in [7, 11) is 1.51. The molecule has 2 unspecified atom stereocenters. The Labute approximate surface area is 200 Å². The van der Waals surface area contributed by atoms with Crippen molar-refractivity contribution in [2.24, 2.45) is 0 Å². The van der Waals surface area contributed by atoms with Gasteiger partial charge in [-0.25, -0.2) is 8.51 Å². The number of nitrogens with zero attached hydrogens (tertiary/aromatic N) is 2. The van der Waals surface area contributed by atoms with Gasteiger partial charge in [0.15, 0.2) is 0 Å². The Morgan fingerprint density at radius 3 is 2.53 bits per heavy atom. The number of anilines is 2. The summed E-state index contributed by atoms with van der Waals surface area (Å²) in [6.45, 7) is 1.99. The van der Waals surface area contributed by atoms with Gasteiger partial charge in [-0.05, 0) is 42.3 Å². The molecule has 1 aromatic heterocycles. The Kier molecular flexibility index (Phi) is 7.20. The summed E-state index contributed by atoms with van der Waals surface area (Å²) in [5, 5.41) is 3.87. The molecule has 0 saturated heterocycles. The largest absolute Gasteiger partial charge is 0.497 e. The lowest BCUT2D eigenvalue weighted by Gasteiger charge is -2.25. The number of fused-ring (bicyclic) bond motifs is 1. The Hall–Kier alpha value is -3.75. The van der Waals surface area contributed by atoms with Crippen LogP contribution in [0.5, 0.6) is 5.75 Å². The normalized spacial score (nSPS) is 12.7. The van der Waals surface area contributed by atoms with Crippen LogP contribution in [0.15, 0.2) is 85.1 Å². The Morgan fingerprint density at radius 2 is 1.82 bits per heavy atom. The number of aromatic nitrogens is 1. The number of hydrogen-bond donors (Lipinski definition) is 2. The van der Waals surface area contributed by atoms with Gasteiger partial charge in [-0.2, -0.15) is 0 Å². The summed E-state index contributed by atoms with van der Waals surface area (Å²) in [5.41, 5.74) is 2.41. The molecule has 2 N–H and O–H groups in total. The molecule has 1 amide bonds. The third-order valence-electron chi connectivity index (χ3n) is 5.57. The molecule has 0 aliphatic heterocycles. The molecule has 0 spiro atoms. The van der Waals surface area contributed by atoms with Crippen molar-refractivity contribution in [3.05, 3.63) is 96.2 Å². The highest BCUT2D eigenvalue weighted by Gasteiger charge is 2.26. The molecule has 7 nitrogen and oxygen atoms in total. The zero-order valence-corrected chi connectivity index (χ0v) is 19.7. The highest BCUT2D eigenvalue weighted by atomic mass is 32.2. The fourth-order valence-corrected chi connectivity index (χ4v) is 4.54. The number of ether oxygens (including phenoxy) is 1. The zero-order chi connectivity index (χ0) is 24.1. The van der Waals surface area contributed by atoms with E-state index in [1.165, 1.54) is 11.4 Å². The topological polar surface area (TPSA) is 91.8 Å². The fraction of sp³-hybridized carbons (Fsp3) is 0.154. The van der Waals surface area contributed by atoms with Gasteiger partial charge in [0, 0.05) is 11.6 Å². The molecule has 174 valence electrons. The third kappa shape index (κ3) is 4.78. The molecule has 4 rings (SSSR count). The van der Waals surface area contributed by atoms with Crippen molar-refractivity contribution >= 4 is 39.5 Å². The molecular formula is C26H25N3O4S. The van der Waals surface area contributed by atoms with Gasteiger partial charge in [0.05, 0.1) is 35.6 Å². The third-order valence-corrected chi connectivity index (χ3v) is 6.27. The van der Waals surface area contributed by atoms with Gasteiger partial charge in [0.1, 0.15) is 5.75 Å². The number of benzene rings is 3. The van der Waals surface area contributed by atoms with E-state index in [0.29, 0.717) is 23.4 Å². The Balaban J connectivity index is 1.81. The van der Waals surface area contributed by atoms with Gasteiger partial charge in [-0.15, -0.1) is 0 Å². The van der Waals surface area contributed by atoms with Crippen molar-refractivity contribution in [2.45, 2.75) is 19.4 Å². The number of carbonyl (C=O) groups is 1. The van der Waals surface area contributed by atoms with Crippen LogP contribution in [0.1, 0.15) is 35.3 Å². The fourth-order valence-electron chi connectivity index (χ4n) is 3.89. The van der Waals surface area contributed by atoms with Crippen molar-refractivity contribution in [1.29, 1.82) is 0 Å². The summed E-state index contributed by atoms with van der Waals surface area (Å²) in [4.78, 5) is 17.9. The summed E-state index contributed by atoms with van der Waals surface area (Å²) in [5.74, 6) is 0.0784. The van der Waals surface area contributed by atoms with Gasteiger partial charge in [0.25, 0.3) is 17.2 Å². The average Bonchev–Trinajstić information content (AvgIpc) is 2.88. The van der Waals surface area contributed by atoms with E-state index < -0.39 is 11.3 Å². The van der Waals surface area contributed by atoms with Crippen molar-refractivity contribution < 1.29 is 18.3 Å². The number of nitrogens with one attached hydrogen (secondary N) is 1. The highest BCUT2D eigenvalue weighted by molar-refractivity contribution is 7.81. The molecular weight excluding hydrogens is 450 g/mol. The Morgan fingerprint density at radius 1 is 1.06 bits per heavy atom. The molecule has 0 radical (unpaired) electrons. The van der Waals surface area contributed by atoms with Crippen molar-refractivity contribution in [2.75, 3.05) is 11.4 Å². The zero-order valence-electron chi connectivity index (χ0n) is 18.8. The molecule has 8 heteroatoms. The maximum Gasteiger partial charge on any atom is 0.266 e. The molecule has 4 aromatic rings. The molecule has 0 fully saturated rings. The minimum atomic E-state index is -2.47. The van der Waals surface area contributed by atoms with Crippen LogP contribution < -0.4 is 14.4 Å². The van der Waals surface area contributed by atoms with Crippen molar-refractivity contribution in [3.8, 4) is 5.75 Å². The lowest BCUT2D eigenvalue weighted by molar-refractivity contribution is 0.0936. The number of amides is 1. The average molecular weight is 476 g/mol. The van der Waals surface area contributed by atoms with E-state index in [-0.39, 0.29) is 23.2 Å². The molecule has 2 atom stereocenters.